The van der Waals surface area contributed by atoms with Gasteiger partial charge in [-0.15, -0.1) is 0 Å². The van der Waals surface area contributed by atoms with Crippen LogP contribution in [0.15, 0.2) is 47.6 Å². The van der Waals surface area contributed by atoms with Crippen molar-refractivity contribution in [1.82, 2.24) is 5.43 Å². The molecule has 0 aliphatic carbocycles. The molecule has 0 aliphatic heterocycles. The normalized spacial score (nSPS) is 10.4. The van der Waals surface area contributed by atoms with Crippen LogP contribution in [0, 0.1) is 0 Å². The Labute approximate surface area is 146 Å². The summed E-state index contributed by atoms with van der Waals surface area (Å²) in [5.41, 5.74) is 4.33. The molecule has 0 aromatic heterocycles. The molecule has 24 heavy (non-hydrogen) atoms. The maximum atomic E-state index is 9.66. The Bertz CT molecular complexity index is 718. The number of nitrogens with zero attached hydrogens (tertiary/aromatic N) is 1. The molecule has 6 nitrogen and oxygen atoms in total. The maximum Gasteiger partial charge on any atom is 0.191 e. The number of hydrogen-bond acceptors (Lipinski definition) is 5. The zero-order valence-corrected chi connectivity index (χ0v) is 14.3. The number of rotatable bonds is 6. The number of phenolic OH excluding ortho intramolecular Hbond substituents is 1. The SMILES string of the molecule is CCOc1cc(C=NNC(=S)Nc2ccc(OC)cc2)ccc1O. The van der Waals surface area contributed by atoms with Crippen LogP contribution in [0.5, 0.6) is 17.2 Å². The summed E-state index contributed by atoms with van der Waals surface area (Å²) in [6.45, 7) is 2.33. The van der Waals surface area contributed by atoms with Crippen LogP contribution in [0.25, 0.3) is 0 Å². The third-order valence-electron chi connectivity index (χ3n) is 3.01. The summed E-state index contributed by atoms with van der Waals surface area (Å²) in [5, 5.41) is 17.1. The first-order valence-electron chi connectivity index (χ1n) is 7.32. The molecule has 0 saturated carbocycles. The van der Waals surface area contributed by atoms with Crippen molar-refractivity contribution in [2.45, 2.75) is 6.92 Å². The number of hydrazone groups is 1. The Hall–Kier alpha value is -2.80. The number of methoxy groups -OCH3 is 1. The van der Waals surface area contributed by atoms with E-state index in [0.29, 0.717) is 17.5 Å². The van der Waals surface area contributed by atoms with Crippen LogP contribution < -0.4 is 20.2 Å². The van der Waals surface area contributed by atoms with Crippen LogP contribution in [-0.2, 0) is 0 Å². The van der Waals surface area contributed by atoms with Crippen LogP contribution >= 0.6 is 12.2 Å². The van der Waals surface area contributed by atoms with E-state index in [2.05, 4.69) is 15.8 Å². The van der Waals surface area contributed by atoms with Crippen molar-refractivity contribution >= 4 is 29.2 Å². The molecule has 0 saturated heterocycles. The number of aromatic hydroxyl groups is 1. The first-order valence-corrected chi connectivity index (χ1v) is 7.73. The topological polar surface area (TPSA) is 75.1 Å². The third kappa shape index (κ3) is 5.13. The minimum absolute atomic E-state index is 0.0960. The van der Waals surface area contributed by atoms with Gasteiger partial charge in [-0.25, -0.2) is 0 Å². The summed E-state index contributed by atoms with van der Waals surface area (Å²) < 4.78 is 10.4. The van der Waals surface area contributed by atoms with Crippen molar-refractivity contribution < 1.29 is 14.6 Å². The molecule has 0 fully saturated rings. The van der Waals surface area contributed by atoms with Gasteiger partial charge < -0.3 is 19.9 Å². The standard InChI is InChI=1S/C17H19N3O3S/c1-3-23-16-10-12(4-9-15(16)21)11-18-20-17(24)19-13-5-7-14(22-2)8-6-13/h4-11,21H,3H2,1-2H3,(H2,19,20,24). The maximum absolute atomic E-state index is 9.66. The van der Waals surface area contributed by atoms with E-state index in [9.17, 15) is 5.11 Å². The second-order valence-electron chi connectivity index (χ2n) is 4.71. The molecule has 126 valence electrons. The molecule has 0 heterocycles. The quantitative estimate of drug-likeness (QED) is 0.424. The Balaban J connectivity index is 1.90. The zero-order valence-electron chi connectivity index (χ0n) is 13.4. The van der Waals surface area contributed by atoms with Crippen molar-refractivity contribution in [3.63, 3.8) is 0 Å². The predicted octanol–water partition coefficient (Wildman–Crippen LogP) is 3.12. The minimum atomic E-state index is 0.0960. The second kappa shape index (κ2) is 8.73. The number of hydrogen-bond donors (Lipinski definition) is 3. The Morgan fingerprint density at radius 3 is 2.67 bits per heavy atom. The van der Waals surface area contributed by atoms with Gasteiger partial charge in [-0.05, 0) is 67.2 Å². The van der Waals surface area contributed by atoms with Crippen molar-refractivity contribution in [2.75, 3.05) is 19.0 Å². The molecular formula is C17H19N3O3S. The fourth-order valence-corrected chi connectivity index (χ4v) is 2.05. The minimum Gasteiger partial charge on any atom is -0.504 e. The van der Waals surface area contributed by atoms with E-state index in [0.717, 1.165) is 17.0 Å². The number of thiocarbonyl (C=S) groups is 1. The number of anilines is 1. The smallest absolute Gasteiger partial charge is 0.191 e. The predicted molar refractivity (Wildman–Crippen MR) is 99.2 cm³/mol. The lowest BCUT2D eigenvalue weighted by molar-refractivity contribution is 0.318. The van der Waals surface area contributed by atoms with E-state index in [1.807, 2.05) is 31.2 Å². The van der Waals surface area contributed by atoms with E-state index in [-0.39, 0.29) is 5.75 Å². The van der Waals surface area contributed by atoms with E-state index in [1.54, 1.807) is 31.5 Å². The molecule has 0 atom stereocenters. The van der Waals surface area contributed by atoms with Crippen LogP contribution in [0.3, 0.4) is 0 Å². The molecule has 3 N–H and O–H groups in total. The third-order valence-corrected chi connectivity index (χ3v) is 3.20. The van der Waals surface area contributed by atoms with Gasteiger partial charge in [0.05, 0.1) is 19.9 Å². The fraction of sp³-hybridized carbons (Fsp3) is 0.176. The molecule has 0 spiro atoms. The van der Waals surface area contributed by atoms with E-state index in [1.165, 1.54) is 0 Å². The number of phenols is 1. The molecule has 0 unspecified atom stereocenters. The van der Waals surface area contributed by atoms with Crippen molar-refractivity contribution in [3.8, 4) is 17.2 Å². The number of benzene rings is 2. The summed E-state index contributed by atoms with van der Waals surface area (Å²) in [5.74, 6) is 1.29. The monoisotopic (exact) mass is 345 g/mol. The Morgan fingerprint density at radius 1 is 1.25 bits per heavy atom. The summed E-state index contributed by atoms with van der Waals surface area (Å²) in [6, 6.07) is 12.3. The molecule has 0 radical (unpaired) electrons. The van der Waals surface area contributed by atoms with Gasteiger partial charge in [0.15, 0.2) is 16.6 Å². The largest absolute Gasteiger partial charge is 0.504 e. The lowest BCUT2D eigenvalue weighted by atomic mass is 10.2. The van der Waals surface area contributed by atoms with Gasteiger partial charge in [0.25, 0.3) is 0 Å². The van der Waals surface area contributed by atoms with Crippen LogP contribution in [0.2, 0.25) is 0 Å². The summed E-state index contributed by atoms with van der Waals surface area (Å²) in [4.78, 5) is 0. The van der Waals surface area contributed by atoms with Crippen molar-refractivity contribution in [3.05, 3.63) is 48.0 Å². The van der Waals surface area contributed by atoms with E-state index < -0.39 is 0 Å². The van der Waals surface area contributed by atoms with Gasteiger partial charge in [-0.3, -0.25) is 5.43 Å². The molecule has 0 bridgehead atoms. The van der Waals surface area contributed by atoms with Gasteiger partial charge in [-0.1, -0.05) is 0 Å². The highest BCUT2D eigenvalue weighted by Crippen LogP contribution is 2.26. The highest BCUT2D eigenvalue weighted by molar-refractivity contribution is 7.80. The highest BCUT2D eigenvalue weighted by atomic mass is 32.1. The van der Waals surface area contributed by atoms with Crippen LogP contribution in [-0.4, -0.2) is 30.2 Å². The number of nitrogens with one attached hydrogen (secondary N) is 2. The Morgan fingerprint density at radius 2 is 2.00 bits per heavy atom. The molecule has 2 rings (SSSR count). The number of ether oxygens (including phenoxy) is 2. The lowest BCUT2D eigenvalue weighted by Crippen LogP contribution is -2.23. The van der Waals surface area contributed by atoms with Gasteiger partial charge in [0.1, 0.15) is 5.75 Å². The van der Waals surface area contributed by atoms with Gasteiger partial charge in [-0.2, -0.15) is 5.10 Å². The van der Waals surface area contributed by atoms with Crippen molar-refractivity contribution in [2.24, 2.45) is 5.10 Å². The molecule has 7 heteroatoms. The highest BCUT2D eigenvalue weighted by Gasteiger charge is 2.02. The molecular weight excluding hydrogens is 326 g/mol. The van der Waals surface area contributed by atoms with Gasteiger partial charge in [0.2, 0.25) is 0 Å². The summed E-state index contributed by atoms with van der Waals surface area (Å²) >= 11 is 5.17. The first kappa shape index (κ1) is 17.6. The van der Waals surface area contributed by atoms with Gasteiger partial charge in [0, 0.05) is 5.69 Å². The average Bonchev–Trinajstić information content (AvgIpc) is 2.58. The average molecular weight is 345 g/mol. The Kier molecular flexibility index (Phi) is 6.39. The molecule has 0 amide bonds. The first-order chi connectivity index (χ1) is 11.6. The van der Waals surface area contributed by atoms with Crippen LogP contribution in [0.4, 0.5) is 5.69 Å². The summed E-state index contributed by atoms with van der Waals surface area (Å²) in [7, 11) is 1.61. The van der Waals surface area contributed by atoms with E-state index in [4.69, 9.17) is 21.7 Å². The van der Waals surface area contributed by atoms with Crippen LogP contribution in [0.1, 0.15) is 12.5 Å². The molecule has 2 aromatic rings. The fourth-order valence-electron chi connectivity index (χ4n) is 1.88. The lowest BCUT2D eigenvalue weighted by Gasteiger charge is -2.08. The van der Waals surface area contributed by atoms with Crippen molar-refractivity contribution in [1.29, 1.82) is 0 Å². The molecule has 0 aliphatic rings. The van der Waals surface area contributed by atoms with E-state index >= 15 is 0 Å². The zero-order chi connectivity index (χ0) is 17.4. The van der Waals surface area contributed by atoms with Gasteiger partial charge >= 0.3 is 0 Å². The molecule has 2 aromatic carbocycles. The second-order valence-corrected chi connectivity index (χ2v) is 5.12. The summed E-state index contributed by atoms with van der Waals surface area (Å²) in [6.07, 6.45) is 1.59.